The second kappa shape index (κ2) is 10.7. The summed E-state index contributed by atoms with van der Waals surface area (Å²) in [7, 11) is 0. The van der Waals surface area contributed by atoms with Gasteiger partial charge >= 0.3 is 5.97 Å². The number of hydrogen-bond acceptors (Lipinski definition) is 3. The van der Waals surface area contributed by atoms with Crippen molar-refractivity contribution in [2.45, 2.75) is 19.8 Å². The molecule has 0 atom stereocenters. The van der Waals surface area contributed by atoms with E-state index in [0.717, 1.165) is 34.4 Å². The molecule has 0 aliphatic heterocycles. The molecule has 0 unspecified atom stereocenters. The van der Waals surface area contributed by atoms with Crippen LogP contribution < -0.4 is 9.47 Å². The first-order chi connectivity index (χ1) is 14.6. The molecule has 4 heteroatoms. The summed E-state index contributed by atoms with van der Waals surface area (Å²) in [6.07, 6.45) is 0.733. The fraction of sp³-hybridized carbons (Fsp3) is 0.192. The van der Waals surface area contributed by atoms with Gasteiger partial charge in [0, 0.05) is 12.0 Å². The molecule has 0 saturated heterocycles. The molecule has 3 aromatic rings. The third-order valence-corrected chi connectivity index (χ3v) is 4.34. The topological polar surface area (TPSA) is 55.8 Å². The first-order valence-electron chi connectivity index (χ1n) is 9.84. The molecule has 0 fully saturated rings. The summed E-state index contributed by atoms with van der Waals surface area (Å²) >= 11 is 0. The van der Waals surface area contributed by atoms with Gasteiger partial charge in [-0.2, -0.15) is 0 Å². The summed E-state index contributed by atoms with van der Waals surface area (Å²) in [6, 6.07) is 23.0. The van der Waals surface area contributed by atoms with Crippen LogP contribution in [-0.2, 0) is 11.2 Å². The molecule has 0 aliphatic carbocycles. The van der Waals surface area contributed by atoms with Gasteiger partial charge in [-0.25, -0.2) is 0 Å². The molecule has 0 spiro atoms. The summed E-state index contributed by atoms with van der Waals surface area (Å²) < 4.78 is 11.6. The summed E-state index contributed by atoms with van der Waals surface area (Å²) in [6.45, 7) is 3.06. The molecule has 0 amide bonds. The van der Waals surface area contributed by atoms with Crippen molar-refractivity contribution < 1.29 is 19.4 Å². The quantitative estimate of drug-likeness (QED) is 0.433. The van der Waals surface area contributed by atoms with Crippen molar-refractivity contribution in [1.29, 1.82) is 0 Å². The van der Waals surface area contributed by atoms with E-state index in [4.69, 9.17) is 14.6 Å². The van der Waals surface area contributed by atoms with Gasteiger partial charge in [-0.3, -0.25) is 4.79 Å². The predicted octanol–water partition coefficient (Wildman–Crippen LogP) is 4.87. The molecular formula is C26H24O4. The first-order valence-corrected chi connectivity index (χ1v) is 9.84. The van der Waals surface area contributed by atoms with E-state index in [1.165, 1.54) is 0 Å². The van der Waals surface area contributed by atoms with Crippen molar-refractivity contribution in [1.82, 2.24) is 0 Å². The highest BCUT2D eigenvalue weighted by atomic mass is 16.5. The van der Waals surface area contributed by atoms with E-state index in [-0.39, 0.29) is 6.42 Å². The lowest BCUT2D eigenvalue weighted by Gasteiger charge is -2.10. The van der Waals surface area contributed by atoms with Gasteiger partial charge in [-0.15, -0.1) is 0 Å². The van der Waals surface area contributed by atoms with Gasteiger partial charge < -0.3 is 14.6 Å². The van der Waals surface area contributed by atoms with Crippen molar-refractivity contribution in [3.8, 4) is 23.3 Å². The summed E-state index contributed by atoms with van der Waals surface area (Å²) in [4.78, 5) is 10.7. The molecule has 152 valence electrons. The van der Waals surface area contributed by atoms with Gasteiger partial charge in [0.1, 0.15) is 11.5 Å². The summed E-state index contributed by atoms with van der Waals surface area (Å²) in [5.74, 6) is 7.02. The highest BCUT2D eigenvalue weighted by molar-refractivity contribution is 5.70. The number of carboxylic acids is 1. The number of carboxylic acid groups (broad SMARTS) is 1. The Bertz CT molecular complexity index is 1030. The minimum absolute atomic E-state index is 0.0141. The Hall–Kier alpha value is -3.71. The highest BCUT2D eigenvalue weighted by Crippen LogP contribution is 2.20. The van der Waals surface area contributed by atoms with E-state index in [2.05, 4.69) is 11.8 Å². The SMILES string of the molecule is Cc1ccc(OCCCOc2ccc(CC(=O)O)cc2)c(C#Cc2ccccc2)c1. The zero-order valence-corrected chi connectivity index (χ0v) is 16.9. The number of hydrogen-bond donors (Lipinski definition) is 1. The van der Waals surface area contributed by atoms with Gasteiger partial charge in [0.25, 0.3) is 0 Å². The number of carbonyl (C=O) groups is 1. The minimum Gasteiger partial charge on any atom is -0.493 e. The first kappa shape index (κ1) is 21.0. The number of aryl methyl sites for hydroxylation is 1. The summed E-state index contributed by atoms with van der Waals surface area (Å²) in [5.41, 5.74) is 3.72. The Balaban J connectivity index is 1.50. The van der Waals surface area contributed by atoms with Crippen molar-refractivity contribution in [3.05, 3.63) is 95.1 Å². The number of ether oxygens (including phenoxy) is 2. The Kier molecular flexibility index (Phi) is 7.51. The van der Waals surface area contributed by atoms with Crippen molar-refractivity contribution in [2.24, 2.45) is 0 Å². The second-order valence-electron chi connectivity index (χ2n) is 6.88. The normalized spacial score (nSPS) is 10.0. The van der Waals surface area contributed by atoms with Crippen LogP contribution in [0.4, 0.5) is 0 Å². The second-order valence-corrected chi connectivity index (χ2v) is 6.88. The zero-order chi connectivity index (χ0) is 21.2. The van der Waals surface area contributed by atoms with E-state index >= 15 is 0 Å². The van der Waals surface area contributed by atoms with Crippen LogP contribution in [0.1, 0.15) is 28.7 Å². The van der Waals surface area contributed by atoms with Crippen LogP contribution >= 0.6 is 0 Å². The summed E-state index contributed by atoms with van der Waals surface area (Å²) in [5, 5.41) is 8.80. The monoisotopic (exact) mass is 400 g/mol. The zero-order valence-electron chi connectivity index (χ0n) is 16.9. The van der Waals surface area contributed by atoms with Crippen LogP contribution in [-0.4, -0.2) is 24.3 Å². The molecule has 3 aromatic carbocycles. The predicted molar refractivity (Wildman–Crippen MR) is 117 cm³/mol. The Morgan fingerprint density at radius 3 is 2.37 bits per heavy atom. The van der Waals surface area contributed by atoms with E-state index in [1.54, 1.807) is 24.3 Å². The van der Waals surface area contributed by atoms with Crippen LogP contribution in [0.5, 0.6) is 11.5 Å². The van der Waals surface area contributed by atoms with Crippen molar-refractivity contribution in [2.75, 3.05) is 13.2 Å². The Morgan fingerprint density at radius 1 is 0.900 bits per heavy atom. The Morgan fingerprint density at radius 2 is 1.63 bits per heavy atom. The van der Waals surface area contributed by atoms with Crippen molar-refractivity contribution >= 4 is 5.97 Å². The van der Waals surface area contributed by atoms with Gasteiger partial charge in [0.05, 0.1) is 25.2 Å². The molecule has 0 radical (unpaired) electrons. The molecule has 4 nitrogen and oxygen atoms in total. The number of benzene rings is 3. The average Bonchev–Trinajstić information content (AvgIpc) is 2.74. The van der Waals surface area contributed by atoms with Gasteiger partial charge in [-0.05, 0) is 54.4 Å². The molecule has 30 heavy (non-hydrogen) atoms. The lowest BCUT2D eigenvalue weighted by Crippen LogP contribution is -2.06. The lowest BCUT2D eigenvalue weighted by atomic mass is 10.1. The fourth-order valence-electron chi connectivity index (χ4n) is 2.84. The minimum atomic E-state index is -0.843. The van der Waals surface area contributed by atoms with Gasteiger partial charge in [0.2, 0.25) is 0 Å². The maximum atomic E-state index is 10.7. The van der Waals surface area contributed by atoms with Crippen LogP contribution in [0, 0.1) is 18.8 Å². The van der Waals surface area contributed by atoms with E-state index in [9.17, 15) is 4.79 Å². The standard InChI is InChI=1S/C26H24O4/c1-20-8-15-25(23(18-20)12-9-21-6-3-2-4-7-21)30-17-5-16-29-24-13-10-22(11-14-24)19-26(27)28/h2-4,6-8,10-11,13-15,18H,5,16-17,19H2,1H3,(H,27,28). The smallest absolute Gasteiger partial charge is 0.307 e. The molecule has 0 aliphatic rings. The molecule has 1 N–H and O–H groups in total. The molecule has 0 aromatic heterocycles. The van der Waals surface area contributed by atoms with E-state index in [0.29, 0.717) is 19.0 Å². The third kappa shape index (κ3) is 6.72. The molecule has 0 saturated carbocycles. The number of rotatable bonds is 8. The molecule has 0 heterocycles. The largest absolute Gasteiger partial charge is 0.493 e. The van der Waals surface area contributed by atoms with E-state index in [1.807, 2.05) is 55.5 Å². The fourth-order valence-corrected chi connectivity index (χ4v) is 2.84. The van der Waals surface area contributed by atoms with Crippen LogP contribution in [0.3, 0.4) is 0 Å². The Labute approximate surface area is 177 Å². The lowest BCUT2D eigenvalue weighted by molar-refractivity contribution is -0.136. The number of aliphatic carboxylic acids is 1. The maximum Gasteiger partial charge on any atom is 0.307 e. The molecule has 3 rings (SSSR count). The third-order valence-electron chi connectivity index (χ3n) is 4.34. The van der Waals surface area contributed by atoms with Gasteiger partial charge in [-0.1, -0.05) is 48.2 Å². The van der Waals surface area contributed by atoms with E-state index < -0.39 is 5.97 Å². The molecular weight excluding hydrogens is 376 g/mol. The average molecular weight is 400 g/mol. The molecule has 0 bridgehead atoms. The highest BCUT2D eigenvalue weighted by Gasteiger charge is 2.03. The van der Waals surface area contributed by atoms with Gasteiger partial charge in [0.15, 0.2) is 0 Å². The maximum absolute atomic E-state index is 10.7. The van der Waals surface area contributed by atoms with Crippen LogP contribution in [0.2, 0.25) is 0 Å². The van der Waals surface area contributed by atoms with Crippen LogP contribution in [0.25, 0.3) is 0 Å². The van der Waals surface area contributed by atoms with Crippen molar-refractivity contribution in [3.63, 3.8) is 0 Å². The van der Waals surface area contributed by atoms with Crippen LogP contribution in [0.15, 0.2) is 72.8 Å².